The largest absolute Gasteiger partial charge is 0.481 e. The Balaban J connectivity index is 1.50. The second-order valence-corrected chi connectivity index (χ2v) is 12.6. The van der Waals surface area contributed by atoms with Crippen molar-refractivity contribution in [3.05, 3.63) is 36.0 Å². The molecule has 2 aliphatic rings. The van der Waals surface area contributed by atoms with Gasteiger partial charge in [-0.1, -0.05) is 18.2 Å². The molecule has 10 heteroatoms. The highest BCUT2D eigenvalue weighted by atomic mass is 16.6. The monoisotopic (exact) mass is 569 g/mol. The number of aromatic amines is 1. The highest BCUT2D eigenvalue weighted by molar-refractivity contribution is 5.97. The minimum absolute atomic E-state index is 0.00412. The number of carboxylic acids is 1. The number of para-hydroxylation sites is 1. The Bertz CT molecular complexity index is 1240. The second-order valence-electron chi connectivity index (χ2n) is 12.6. The summed E-state index contributed by atoms with van der Waals surface area (Å²) < 4.78 is 5.62. The van der Waals surface area contributed by atoms with Gasteiger partial charge in [0.1, 0.15) is 30.4 Å². The first kappa shape index (κ1) is 30.7. The number of piperidine rings is 1. The summed E-state index contributed by atoms with van der Waals surface area (Å²) in [7, 11) is 0. The number of benzene rings is 1. The summed E-state index contributed by atoms with van der Waals surface area (Å²) in [5.74, 6) is -2.33. The van der Waals surface area contributed by atoms with Gasteiger partial charge in [0.15, 0.2) is 0 Å². The average molecular weight is 570 g/mol. The minimum Gasteiger partial charge on any atom is -0.481 e. The summed E-state index contributed by atoms with van der Waals surface area (Å²) in [4.78, 5) is 55.6. The summed E-state index contributed by atoms with van der Waals surface area (Å²) >= 11 is 0. The summed E-state index contributed by atoms with van der Waals surface area (Å²) in [6, 6.07) is 8.02. The van der Waals surface area contributed by atoms with Crippen LogP contribution in [0.25, 0.3) is 10.9 Å². The highest BCUT2D eigenvalue weighted by Crippen LogP contribution is 2.31. The topological polar surface area (TPSA) is 120 Å². The van der Waals surface area contributed by atoms with Gasteiger partial charge < -0.3 is 19.7 Å². The standard InChI is InChI=1S/C31H44N4O6/c1-22(36)26(29(38)39)21-34(17-13-24-20-32-27-9-6-5-8-25(24)27)35(18-7-10-28(35)37)19-14-23-11-15-33(16-12-23)30(40)41-31(2,3)4/h5-6,8-9,20,23,26,32H,7,10-19,21H2,1-4H3/p+1. The number of ketones is 1. The molecule has 1 aromatic heterocycles. The van der Waals surface area contributed by atoms with Crippen LogP contribution in [0.2, 0.25) is 0 Å². The number of carboxylic acid groups (broad SMARTS) is 1. The first-order chi connectivity index (χ1) is 19.4. The van der Waals surface area contributed by atoms with Crippen molar-refractivity contribution < 1.29 is 33.6 Å². The number of aliphatic carboxylic acids is 1. The van der Waals surface area contributed by atoms with Gasteiger partial charge in [-0.2, -0.15) is 4.59 Å². The molecule has 3 heterocycles. The fourth-order valence-corrected chi connectivity index (χ4v) is 6.25. The molecular formula is C31H45N4O6+. The molecule has 2 unspecified atom stereocenters. The van der Waals surface area contributed by atoms with Gasteiger partial charge in [-0.05, 0) is 64.5 Å². The molecule has 1 aromatic carbocycles. The minimum atomic E-state index is -1.20. The number of Topliss-reactive ketones (excluding diaryl/α,β-unsaturated/α-hetero) is 1. The van der Waals surface area contributed by atoms with Crippen LogP contribution in [0.1, 0.15) is 65.4 Å². The van der Waals surface area contributed by atoms with Crippen molar-refractivity contribution in [3.63, 3.8) is 0 Å². The van der Waals surface area contributed by atoms with E-state index in [0.717, 1.165) is 42.1 Å². The molecule has 2 aromatic rings. The van der Waals surface area contributed by atoms with Crippen LogP contribution in [0.4, 0.5) is 4.79 Å². The number of hydrogen-bond acceptors (Lipinski definition) is 6. The molecule has 10 nitrogen and oxygen atoms in total. The Morgan fingerprint density at radius 2 is 1.90 bits per heavy atom. The zero-order chi connectivity index (χ0) is 29.8. The zero-order valence-electron chi connectivity index (χ0n) is 24.9. The lowest BCUT2D eigenvalue weighted by Gasteiger charge is -2.43. The lowest BCUT2D eigenvalue weighted by Crippen LogP contribution is -2.64. The van der Waals surface area contributed by atoms with Crippen molar-refractivity contribution >= 4 is 34.7 Å². The van der Waals surface area contributed by atoms with E-state index in [1.165, 1.54) is 6.92 Å². The van der Waals surface area contributed by atoms with Gasteiger partial charge >= 0.3 is 18.0 Å². The number of quaternary nitrogens is 1. The van der Waals surface area contributed by atoms with Gasteiger partial charge in [-0.25, -0.2) is 9.59 Å². The van der Waals surface area contributed by atoms with Gasteiger partial charge in [-0.3, -0.25) is 9.59 Å². The van der Waals surface area contributed by atoms with Crippen molar-refractivity contribution in [2.75, 3.05) is 39.3 Å². The second kappa shape index (κ2) is 12.7. The molecule has 224 valence electrons. The number of rotatable bonds is 11. The van der Waals surface area contributed by atoms with E-state index in [2.05, 4.69) is 11.1 Å². The SMILES string of the molecule is CC(=O)C(CN(CCc1c[nH]c2ccccc12)[N+]1(CCC2CCN(C(=O)OC(C)(C)C)CC2)CCCC1=O)C(=O)O. The van der Waals surface area contributed by atoms with E-state index in [0.29, 0.717) is 51.5 Å². The Morgan fingerprint density at radius 1 is 1.20 bits per heavy atom. The van der Waals surface area contributed by atoms with Crippen molar-refractivity contribution in [1.82, 2.24) is 14.9 Å². The molecule has 41 heavy (non-hydrogen) atoms. The maximum atomic E-state index is 13.6. The molecule has 4 rings (SSSR count). The Hall–Kier alpha value is -3.24. The van der Waals surface area contributed by atoms with E-state index in [9.17, 15) is 24.3 Å². The summed E-state index contributed by atoms with van der Waals surface area (Å²) in [5.41, 5.74) is 1.59. The Kier molecular flexibility index (Phi) is 9.54. The Morgan fingerprint density at radius 3 is 2.51 bits per heavy atom. The quantitative estimate of drug-likeness (QED) is 0.304. The van der Waals surface area contributed by atoms with E-state index < -0.39 is 23.3 Å². The van der Waals surface area contributed by atoms with Crippen LogP contribution in [-0.4, -0.2) is 93.2 Å². The molecule has 2 aliphatic heterocycles. The number of carbonyl (C=O) groups is 4. The first-order valence-electron chi connectivity index (χ1n) is 14.8. The summed E-state index contributed by atoms with van der Waals surface area (Å²) in [6.07, 6.45) is 5.92. The van der Waals surface area contributed by atoms with Crippen molar-refractivity contribution in [1.29, 1.82) is 0 Å². The number of nitrogens with one attached hydrogen (secondary N) is 1. The van der Waals surface area contributed by atoms with Crippen molar-refractivity contribution in [3.8, 4) is 0 Å². The summed E-state index contributed by atoms with van der Waals surface area (Å²) in [5, 5.41) is 12.9. The molecule has 0 saturated carbocycles. The zero-order valence-corrected chi connectivity index (χ0v) is 24.9. The first-order valence-corrected chi connectivity index (χ1v) is 14.8. The van der Waals surface area contributed by atoms with Crippen LogP contribution < -0.4 is 0 Å². The van der Waals surface area contributed by atoms with Crippen LogP contribution in [0.3, 0.4) is 0 Å². The van der Waals surface area contributed by atoms with Gasteiger partial charge in [0.25, 0.3) is 0 Å². The molecule has 2 saturated heterocycles. The maximum Gasteiger partial charge on any atom is 0.410 e. The van der Waals surface area contributed by atoms with E-state index in [4.69, 9.17) is 4.74 Å². The fraction of sp³-hybridized carbons (Fsp3) is 0.613. The third-order valence-electron chi connectivity index (χ3n) is 8.59. The number of nitrogens with zero attached hydrogens (tertiary/aromatic N) is 3. The average Bonchev–Trinajstić information content (AvgIpc) is 3.50. The number of fused-ring (bicyclic) bond motifs is 1. The van der Waals surface area contributed by atoms with E-state index >= 15 is 0 Å². The molecule has 2 fully saturated rings. The number of H-pyrrole nitrogens is 1. The van der Waals surface area contributed by atoms with Crippen LogP contribution >= 0.6 is 0 Å². The van der Waals surface area contributed by atoms with Gasteiger partial charge in [-0.15, -0.1) is 5.01 Å². The number of ether oxygens (including phenoxy) is 1. The van der Waals surface area contributed by atoms with E-state index in [1.54, 1.807) is 4.90 Å². The van der Waals surface area contributed by atoms with Crippen molar-refractivity contribution in [2.45, 2.75) is 71.8 Å². The molecule has 2 amide bonds. The molecular weight excluding hydrogens is 524 g/mol. The lowest BCUT2D eigenvalue weighted by molar-refractivity contribution is -0.963. The van der Waals surface area contributed by atoms with Crippen LogP contribution in [0.15, 0.2) is 30.5 Å². The molecule has 2 atom stereocenters. The predicted molar refractivity (Wildman–Crippen MR) is 155 cm³/mol. The van der Waals surface area contributed by atoms with Crippen LogP contribution in [0.5, 0.6) is 0 Å². The Labute approximate surface area is 242 Å². The molecule has 0 radical (unpaired) electrons. The van der Waals surface area contributed by atoms with Gasteiger partial charge in [0.05, 0.1) is 19.5 Å². The number of aromatic nitrogens is 1. The fourth-order valence-electron chi connectivity index (χ4n) is 6.25. The highest BCUT2D eigenvalue weighted by Gasteiger charge is 2.48. The number of likely N-dealkylation sites (tertiary alicyclic amines) is 2. The third-order valence-corrected chi connectivity index (χ3v) is 8.59. The normalized spacial score (nSPS) is 21.0. The molecule has 0 aliphatic carbocycles. The predicted octanol–water partition coefficient (Wildman–Crippen LogP) is 4.39. The lowest BCUT2D eigenvalue weighted by atomic mass is 9.93. The summed E-state index contributed by atoms with van der Waals surface area (Å²) in [6.45, 7) is 9.74. The third kappa shape index (κ3) is 7.35. The van der Waals surface area contributed by atoms with Gasteiger partial charge in [0, 0.05) is 43.0 Å². The van der Waals surface area contributed by atoms with Gasteiger partial charge in [0.2, 0.25) is 0 Å². The van der Waals surface area contributed by atoms with E-state index in [1.807, 2.05) is 50.2 Å². The van der Waals surface area contributed by atoms with Crippen LogP contribution in [-0.2, 0) is 25.5 Å². The van der Waals surface area contributed by atoms with Crippen molar-refractivity contribution in [2.24, 2.45) is 11.8 Å². The number of hydrogen-bond donors (Lipinski definition) is 2. The number of amides is 2. The maximum absolute atomic E-state index is 13.6. The van der Waals surface area contributed by atoms with E-state index in [-0.39, 0.29) is 23.1 Å². The van der Waals surface area contributed by atoms with Crippen LogP contribution in [0, 0.1) is 11.8 Å². The number of carbonyl (C=O) groups excluding carboxylic acids is 3. The molecule has 0 spiro atoms. The molecule has 0 bridgehead atoms. The molecule has 2 N–H and O–H groups in total. The smallest absolute Gasteiger partial charge is 0.410 e.